The van der Waals surface area contributed by atoms with Gasteiger partial charge in [-0.05, 0) is 89.4 Å². The molecule has 4 unspecified atom stereocenters. The first-order chi connectivity index (χ1) is 21.2. The Hall–Kier alpha value is -4.30. The number of benzene rings is 4. The summed E-state index contributed by atoms with van der Waals surface area (Å²) in [5, 5.41) is 6.69. The van der Waals surface area contributed by atoms with Crippen LogP contribution >= 0.6 is 0 Å². The molecule has 2 heterocycles. The summed E-state index contributed by atoms with van der Waals surface area (Å²) in [5.41, 5.74) is 8.26. The minimum Gasteiger partial charge on any atom is -0.364 e. The zero-order valence-electron chi connectivity index (χ0n) is 24.9. The average molecular weight is 559 g/mol. The van der Waals surface area contributed by atoms with E-state index < -0.39 is 0 Å². The molecule has 2 nitrogen and oxygen atoms in total. The van der Waals surface area contributed by atoms with E-state index in [1.807, 2.05) is 0 Å². The number of rotatable bonds is 3. The normalized spacial score (nSPS) is 24.4. The van der Waals surface area contributed by atoms with Crippen LogP contribution in [0.4, 0.5) is 0 Å². The van der Waals surface area contributed by atoms with E-state index in [1.54, 1.807) is 11.3 Å². The lowest BCUT2D eigenvalue weighted by Gasteiger charge is -2.43. The summed E-state index contributed by atoms with van der Waals surface area (Å²) < 4.78 is 2.52. The van der Waals surface area contributed by atoms with Gasteiger partial charge in [0.1, 0.15) is 0 Å². The molecule has 3 aliphatic carbocycles. The van der Waals surface area contributed by atoms with Crippen LogP contribution in [0.1, 0.15) is 45.4 Å². The first-order valence-electron chi connectivity index (χ1n) is 16.4. The highest BCUT2D eigenvalue weighted by Gasteiger charge is 2.44. The van der Waals surface area contributed by atoms with Crippen molar-refractivity contribution in [1.29, 1.82) is 0 Å². The molecule has 1 aromatic heterocycles. The number of hydrogen-bond acceptors (Lipinski definition) is 1. The van der Waals surface area contributed by atoms with E-state index in [1.165, 1.54) is 87.6 Å². The van der Waals surface area contributed by atoms with Gasteiger partial charge in [0.2, 0.25) is 0 Å². The summed E-state index contributed by atoms with van der Waals surface area (Å²) in [4.78, 5) is 2.90. The van der Waals surface area contributed by atoms with Gasteiger partial charge in [0.05, 0.1) is 16.9 Å². The Morgan fingerprint density at radius 2 is 1.53 bits per heavy atom. The van der Waals surface area contributed by atoms with E-state index in [-0.39, 0.29) is 0 Å². The zero-order valence-corrected chi connectivity index (χ0v) is 24.9. The molecule has 4 aliphatic rings. The van der Waals surface area contributed by atoms with E-state index in [4.69, 9.17) is 0 Å². The third-order valence-corrected chi connectivity index (χ3v) is 10.8. The number of para-hydroxylation sites is 1. The summed E-state index contributed by atoms with van der Waals surface area (Å²) in [6.45, 7) is 2.50. The number of allylic oxidation sites excluding steroid dienone is 3. The van der Waals surface area contributed by atoms with Crippen molar-refractivity contribution in [3.05, 3.63) is 125 Å². The van der Waals surface area contributed by atoms with E-state index in [0.717, 1.165) is 5.92 Å². The fraction of sp³-hybridized carbons (Fsp3) is 0.268. The molecule has 5 aromatic rings. The van der Waals surface area contributed by atoms with Crippen LogP contribution in [0.5, 0.6) is 0 Å². The molecule has 4 atom stereocenters. The van der Waals surface area contributed by atoms with Crippen LogP contribution in [-0.4, -0.2) is 21.6 Å². The molecule has 1 aliphatic heterocycles. The molecule has 1 saturated carbocycles. The largest absolute Gasteiger partial charge is 0.364 e. The second-order valence-electron chi connectivity index (χ2n) is 13.2. The summed E-state index contributed by atoms with van der Waals surface area (Å²) in [6, 6.07) is 34.7. The molecule has 2 heteroatoms. The maximum absolute atomic E-state index is 2.90. The van der Waals surface area contributed by atoms with E-state index in [0.29, 0.717) is 18.0 Å². The van der Waals surface area contributed by atoms with Gasteiger partial charge in [0.15, 0.2) is 0 Å². The lowest BCUT2D eigenvalue weighted by molar-refractivity contribution is 0.130. The Bertz CT molecular complexity index is 2070. The van der Waals surface area contributed by atoms with Gasteiger partial charge >= 0.3 is 0 Å². The van der Waals surface area contributed by atoms with Crippen LogP contribution in [0.2, 0.25) is 0 Å². The molecule has 212 valence electrons. The second kappa shape index (κ2) is 9.88. The predicted octanol–water partition coefficient (Wildman–Crippen LogP) is 8.51. The van der Waals surface area contributed by atoms with E-state index in [9.17, 15) is 0 Å². The van der Waals surface area contributed by atoms with E-state index >= 15 is 0 Å². The molecule has 0 amide bonds. The zero-order chi connectivity index (χ0) is 28.5. The van der Waals surface area contributed by atoms with Crippen molar-refractivity contribution < 1.29 is 0 Å². The van der Waals surface area contributed by atoms with Gasteiger partial charge in [-0.2, -0.15) is 0 Å². The predicted molar refractivity (Wildman–Crippen MR) is 180 cm³/mol. The molecule has 4 aromatic carbocycles. The van der Waals surface area contributed by atoms with Gasteiger partial charge in [-0.15, -0.1) is 0 Å². The first-order valence-corrected chi connectivity index (χ1v) is 16.4. The van der Waals surface area contributed by atoms with Crippen LogP contribution in [0, 0.1) is 11.8 Å². The second-order valence-corrected chi connectivity index (χ2v) is 13.2. The SMILES string of the molecule is CC1CCCCC1N1C2=C(C=CCC2)C2C=c3c(n(-c4ccc(-c5ccc6ccccc6c5)cc4)c4ccccc34)=CC21. The van der Waals surface area contributed by atoms with Crippen LogP contribution in [0.15, 0.2) is 114 Å². The third-order valence-electron chi connectivity index (χ3n) is 10.8. The Kier molecular flexibility index (Phi) is 5.79. The topological polar surface area (TPSA) is 8.17 Å². The Morgan fingerprint density at radius 1 is 0.744 bits per heavy atom. The lowest BCUT2D eigenvalue weighted by Crippen LogP contribution is -2.48. The quantitative estimate of drug-likeness (QED) is 0.216. The Labute approximate surface area is 254 Å². The summed E-state index contributed by atoms with van der Waals surface area (Å²) in [5.74, 6) is 1.18. The lowest BCUT2D eigenvalue weighted by atomic mass is 9.83. The minimum atomic E-state index is 0.394. The van der Waals surface area contributed by atoms with Crippen molar-refractivity contribution >= 4 is 33.8 Å². The van der Waals surface area contributed by atoms with Crippen molar-refractivity contribution in [3.63, 3.8) is 0 Å². The van der Waals surface area contributed by atoms with Gasteiger partial charge in [-0.25, -0.2) is 0 Å². The Balaban J connectivity index is 1.19. The van der Waals surface area contributed by atoms with Crippen molar-refractivity contribution in [2.75, 3.05) is 0 Å². The summed E-state index contributed by atoms with van der Waals surface area (Å²) in [6.07, 6.45) is 17.9. The smallest absolute Gasteiger partial charge is 0.0600 e. The molecular weight excluding hydrogens is 520 g/mol. The molecule has 1 fully saturated rings. The van der Waals surface area contributed by atoms with Gasteiger partial charge in [-0.3, -0.25) is 0 Å². The number of hydrogen-bond donors (Lipinski definition) is 0. The van der Waals surface area contributed by atoms with Crippen LogP contribution in [-0.2, 0) is 0 Å². The molecule has 0 spiro atoms. The van der Waals surface area contributed by atoms with Crippen molar-refractivity contribution in [3.8, 4) is 16.8 Å². The number of nitrogens with zero attached hydrogens (tertiary/aromatic N) is 2. The standard InChI is InChI=1S/C41H38N2/c1-27-10-2-7-15-37(27)43-39-17-9-6-14-34(39)36-25-35-33-13-5-8-16-38(33)42(40(35)26-41(36)43)32-22-20-29(21-23-32)31-19-18-28-11-3-4-12-30(28)24-31/h3-6,8,11-14,16,18-27,36-37,41H,2,7,9-10,15,17H2,1H3. The number of aromatic nitrogens is 1. The molecule has 0 radical (unpaired) electrons. The third kappa shape index (κ3) is 3.92. The number of fused-ring (bicyclic) bond motifs is 6. The van der Waals surface area contributed by atoms with Crippen molar-refractivity contribution in [2.45, 2.75) is 57.5 Å². The maximum Gasteiger partial charge on any atom is 0.0600 e. The average Bonchev–Trinajstić information content (AvgIpc) is 3.56. The molecule has 0 bridgehead atoms. The molecule has 9 rings (SSSR count). The molecule has 0 saturated heterocycles. The molecule has 43 heavy (non-hydrogen) atoms. The monoisotopic (exact) mass is 558 g/mol. The van der Waals surface area contributed by atoms with Crippen molar-refractivity contribution in [2.24, 2.45) is 11.8 Å². The maximum atomic E-state index is 2.90. The highest BCUT2D eigenvalue weighted by atomic mass is 15.2. The summed E-state index contributed by atoms with van der Waals surface area (Å²) >= 11 is 0. The molecular formula is C41H38N2. The van der Waals surface area contributed by atoms with Crippen molar-refractivity contribution in [1.82, 2.24) is 9.47 Å². The minimum absolute atomic E-state index is 0.394. The summed E-state index contributed by atoms with van der Waals surface area (Å²) in [7, 11) is 0. The highest BCUT2D eigenvalue weighted by Crippen LogP contribution is 2.46. The van der Waals surface area contributed by atoms with E-state index in [2.05, 4.69) is 132 Å². The van der Waals surface area contributed by atoms with Crippen LogP contribution in [0.25, 0.3) is 50.6 Å². The first kappa shape index (κ1) is 25.2. The van der Waals surface area contributed by atoms with Crippen LogP contribution in [0.3, 0.4) is 0 Å². The fourth-order valence-electron chi connectivity index (χ4n) is 8.71. The fourth-order valence-corrected chi connectivity index (χ4v) is 8.71. The Morgan fingerprint density at radius 3 is 2.42 bits per heavy atom. The van der Waals surface area contributed by atoms with Crippen LogP contribution < -0.4 is 10.6 Å². The van der Waals surface area contributed by atoms with Gasteiger partial charge in [0.25, 0.3) is 0 Å². The van der Waals surface area contributed by atoms with Gasteiger partial charge < -0.3 is 9.47 Å². The molecule has 0 N–H and O–H groups in total. The van der Waals surface area contributed by atoms with Gasteiger partial charge in [0, 0.05) is 33.9 Å². The highest BCUT2D eigenvalue weighted by molar-refractivity contribution is 5.88. The van der Waals surface area contributed by atoms with Gasteiger partial charge in [-0.1, -0.05) is 105 Å².